The van der Waals surface area contributed by atoms with Gasteiger partial charge in [0.15, 0.2) is 0 Å². The number of benzene rings is 2. The molecule has 2 aromatic rings. The van der Waals surface area contributed by atoms with Gasteiger partial charge in [0.1, 0.15) is 10.6 Å². The molecule has 0 aliphatic heterocycles. The minimum atomic E-state index is -3.89. The average Bonchev–Trinajstić information content (AvgIpc) is 2.35. The number of rotatable bonds is 2. The highest BCUT2D eigenvalue weighted by Crippen LogP contribution is 2.38. The Hall–Kier alpha value is -1.23. The van der Waals surface area contributed by atoms with Crippen LogP contribution in [0.1, 0.15) is 0 Å². The Morgan fingerprint density at radius 2 is 1.56 bits per heavy atom. The molecule has 0 radical (unpaired) electrons. The molecule has 1 N–H and O–H groups in total. The van der Waals surface area contributed by atoms with Gasteiger partial charge in [-0.25, -0.2) is 8.42 Å². The third-order valence-electron chi connectivity index (χ3n) is 2.35. The van der Waals surface area contributed by atoms with Crippen molar-refractivity contribution in [2.45, 2.75) is 9.79 Å². The van der Waals surface area contributed by atoms with E-state index in [0.717, 1.165) is 0 Å². The first-order valence-electron chi connectivity index (χ1n) is 4.91. The van der Waals surface area contributed by atoms with Gasteiger partial charge >= 0.3 is 0 Å². The molecular weight excluding hydrogens is 295 g/mol. The monoisotopic (exact) mass is 302 g/mol. The topological polar surface area (TPSA) is 54.4 Å². The first kappa shape index (κ1) is 13.2. The van der Waals surface area contributed by atoms with Crippen molar-refractivity contribution in [2.24, 2.45) is 0 Å². The zero-order valence-corrected chi connectivity index (χ0v) is 11.3. The molecule has 0 aromatic heterocycles. The van der Waals surface area contributed by atoms with Crippen molar-refractivity contribution in [1.29, 1.82) is 0 Å². The normalized spacial score (nSPS) is 11.4. The van der Waals surface area contributed by atoms with E-state index in [1.165, 1.54) is 24.3 Å². The van der Waals surface area contributed by atoms with Gasteiger partial charge in [-0.3, -0.25) is 0 Å². The Morgan fingerprint density at radius 1 is 0.944 bits per heavy atom. The molecule has 0 heterocycles. The molecule has 0 aliphatic carbocycles. The molecule has 0 saturated heterocycles. The van der Waals surface area contributed by atoms with Crippen LogP contribution in [0.3, 0.4) is 0 Å². The third kappa shape index (κ3) is 2.19. The van der Waals surface area contributed by atoms with Crippen LogP contribution in [0.5, 0.6) is 5.75 Å². The number of phenols is 1. The zero-order chi connectivity index (χ0) is 13.3. The molecule has 18 heavy (non-hydrogen) atoms. The van der Waals surface area contributed by atoms with Gasteiger partial charge in [0.05, 0.1) is 14.9 Å². The van der Waals surface area contributed by atoms with Crippen LogP contribution in [-0.4, -0.2) is 13.5 Å². The van der Waals surface area contributed by atoms with Crippen molar-refractivity contribution >= 4 is 33.0 Å². The van der Waals surface area contributed by atoms with Crippen LogP contribution in [0, 0.1) is 0 Å². The number of halogens is 2. The summed E-state index contributed by atoms with van der Waals surface area (Å²) in [6, 6.07) is 10.2. The second-order valence-electron chi connectivity index (χ2n) is 3.53. The molecule has 0 saturated carbocycles. The summed E-state index contributed by atoms with van der Waals surface area (Å²) in [5.74, 6) is -0.423. The first-order valence-corrected chi connectivity index (χ1v) is 7.15. The summed E-state index contributed by atoms with van der Waals surface area (Å²) in [6.07, 6.45) is 0. The molecule has 0 spiro atoms. The van der Waals surface area contributed by atoms with E-state index in [0.29, 0.717) is 0 Å². The van der Waals surface area contributed by atoms with Crippen molar-refractivity contribution < 1.29 is 13.5 Å². The quantitative estimate of drug-likeness (QED) is 0.923. The number of sulfone groups is 1. The van der Waals surface area contributed by atoms with Gasteiger partial charge in [-0.2, -0.15) is 0 Å². The van der Waals surface area contributed by atoms with E-state index < -0.39 is 15.6 Å². The molecule has 0 atom stereocenters. The van der Waals surface area contributed by atoms with Crippen molar-refractivity contribution in [3.05, 3.63) is 52.5 Å². The number of phenolic OH excluding ortho intramolecular Hbond substituents is 1. The number of hydrogen-bond acceptors (Lipinski definition) is 3. The standard InChI is InChI=1S/C12H8Cl2O3S/c13-9-6-7-10(15)12(11(9)14)18(16,17)8-4-2-1-3-5-8/h1-7,15H. The maximum absolute atomic E-state index is 12.3. The van der Waals surface area contributed by atoms with E-state index in [4.69, 9.17) is 23.2 Å². The molecular formula is C12H8Cl2O3S. The zero-order valence-electron chi connectivity index (χ0n) is 8.97. The first-order chi connectivity index (χ1) is 8.44. The molecule has 0 bridgehead atoms. The maximum Gasteiger partial charge on any atom is 0.211 e. The summed E-state index contributed by atoms with van der Waals surface area (Å²) >= 11 is 11.6. The van der Waals surface area contributed by atoms with Crippen LogP contribution in [0.2, 0.25) is 10.0 Å². The molecule has 94 valence electrons. The smallest absolute Gasteiger partial charge is 0.211 e. The maximum atomic E-state index is 12.3. The van der Waals surface area contributed by atoms with Crippen molar-refractivity contribution in [3.63, 3.8) is 0 Å². The average molecular weight is 303 g/mol. The molecule has 6 heteroatoms. The predicted molar refractivity (Wildman–Crippen MR) is 70.0 cm³/mol. The molecule has 0 fully saturated rings. The lowest BCUT2D eigenvalue weighted by atomic mass is 10.3. The third-order valence-corrected chi connectivity index (χ3v) is 5.11. The second kappa shape index (κ2) is 4.80. The Labute approximate surface area is 115 Å². The fourth-order valence-corrected chi connectivity index (χ4v) is 3.61. The van der Waals surface area contributed by atoms with Crippen molar-refractivity contribution in [3.8, 4) is 5.75 Å². The molecule has 0 aliphatic rings. The highest BCUT2D eigenvalue weighted by atomic mass is 35.5. The Bertz CT molecular complexity index is 682. The lowest BCUT2D eigenvalue weighted by Gasteiger charge is -2.09. The van der Waals surface area contributed by atoms with Crippen LogP contribution in [-0.2, 0) is 9.84 Å². The lowest BCUT2D eigenvalue weighted by molar-refractivity contribution is 0.459. The Kier molecular flexibility index (Phi) is 3.52. The van der Waals surface area contributed by atoms with Gasteiger partial charge < -0.3 is 5.11 Å². The predicted octanol–water partition coefficient (Wildman–Crippen LogP) is 3.53. The van der Waals surface area contributed by atoms with E-state index in [-0.39, 0.29) is 19.8 Å². The number of hydrogen-bond donors (Lipinski definition) is 1. The van der Waals surface area contributed by atoms with Crippen LogP contribution in [0.15, 0.2) is 52.3 Å². The molecule has 2 aromatic carbocycles. The van der Waals surface area contributed by atoms with E-state index >= 15 is 0 Å². The van der Waals surface area contributed by atoms with E-state index in [9.17, 15) is 13.5 Å². The van der Waals surface area contributed by atoms with E-state index in [1.54, 1.807) is 18.2 Å². The fourth-order valence-electron chi connectivity index (χ4n) is 1.49. The minimum Gasteiger partial charge on any atom is -0.507 e. The SMILES string of the molecule is O=S(=O)(c1ccccc1)c1c(O)ccc(Cl)c1Cl. The van der Waals surface area contributed by atoms with E-state index in [2.05, 4.69) is 0 Å². The van der Waals surface area contributed by atoms with Gasteiger partial charge in [0.2, 0.25) is 9.84 Å². The summed E-state index contributed by atoms with van der Waals surface area (Å²) in [7, 11) is -3.89. The van der Waals surface area contributed by atoms with Gasteiger partial charge in [-0.1, -0.05) is 41.4 Å². The Balaban J connectivity index is 2.74. The summed E-state index contributed by atoms with van der Waals surface area (Å²) in [5.41, 5.74) is 0. The van der Waals surface area contributed by atoms with Crippen LogP contribution in [0.25, 0.3) is 0 Å². The van der Waals surface area contributed by atoms with Gasteiger partial charge in [-0.05, 0) is 24.3 Å². The number of aromatic hydroxyl groups is 1. The summed E-state index contributed by atoms with van der Waals surface area (Å²) in [6.45, 7) is 0. The van der Waals surface area contributed by atoms with Crippen molar-refractivity contribution in [2.75, 3.05) is 0 Å². The van der Waals surface area contributed by atoms with Gasteiger partial charge in [-0.15, -0.1) is 0 Å². The molecule has 2 rings (SSSR count). The van der Waals surface area contributed by atoms with Crippen molar-refractivity contribution in [1.82, 2.24) is 0 Å². The molecule has 0 amide bonds. The fraction of sp³-hybridized carbons (Fsp3) is 0. The van der Waals surface area contributed by atoms with Gasteiger partial charge in [0.25, 0.3) is 0 Å². The highest BCUT2D eigenvalue weighted by molar-refractivity contribution is 7.91. The second-order valence-corrected chi connectivity index (χ2v) is 6.20. The Morgan fingerprint density at radius 3 is 2.17 bits per heavy atom. The summed E-state index contributed by atoms with van der Waals surface area (Å²) in [5, 5.41) is 9.58. The highest BCUT2D eigenvalue weighted by Gasteiger charge is 2.25. The van der Waals surface area contributed by atoms with Gasteiger partial charge in [0, 0.05) is 0 Å². The van der Waals surface area contributed by atoms with E-state index in [1.807, 2.05) is 0 Å². The minimum absolute atomic E-state index is 0.0458. The van der Waals surface area contributed by atoms with Crippen LogP contribution in [0.4, 0.5) is 0 Å². The lowest BCUT2D eigenvalue weighted by Crippen LogP contribution is -2.03. The molecule has 0 unspecified atom stereocenters. The summed E-state index contributed by atoms with van der Waals surface area (Å²) < 4.78 is 24.6. The van der Waals surface area contributed by atoms with Crippen LogP contribution >= 0.6 is 23.2 Å². The van der Waals surface area contributed by atoms with Crippen LogP contribution < -0.4 is 0 Å². The molecule has 3 nitrogen and oxygen atoms in total. The largest absolute Gasteiger partial charge is 0.507 e. The summed E-state index contributed by atoms with van der Waals surface area (Å²) in [4.78, 5) is -0.327.